The van der Waals surface area contributed by atoms with Crippen LogP contribution in [0.4, 0.5) is 0 Å². The summed E-state index contributed by atoms with van der Waals surface area (Å²) in [5, 5.41) is 11.7. The lowest BCUT2D eigenvalue weighted by Crippen LogP contribution is -2.59. The van der Waals surface area contributed by atoms with Gasteiger partial charge in [0.1, 0.15) is 5.60 Å². The minimum absolute atomic E-state index is 0.0540. The van der Waals surface area contributed by atoms with E-state index in [1.165, 1.54) is 6.42 Å². The molecule has 3 saturated heterocycles. The van der Waals surface area contributed by atoms with Gasteiger partial charge in [-0.1, -0.05) is 72.2 Å². The van der Waals surface area contributed by atoms with E-state index in [0.29, 0.717) is 9.61 Å². The highest BCUT2D eigenvalue weighted by Gasteiger charge is 2.52. The molecule has 1 aliphatic carbocycles. The summed E-state index contributed by atoms with van der Waals surface area (Å²) in [7, 11) is 0. The SMILES string of the molecule is O=C(OC12CCN(CC1)C(I)C2)[C@](O)(c1ccccc1)C1CCCCC1. The fraction of sp³-hybridized carbons (Fsp3) is 0.667. The molecule has 4 fully saturated rings. The van der Waals surface area contributed by atoms with Crippen molar-refractivity contribution in [3.63, 3.8) is 0 Å². The highest BCUT2D eigenvalue weighted by Crippen LogP contribution is 2.45. The number of aliphatic hydroxyl groups is 1. The van der Waals surface area contributed by atoms with Gasteiger partial charge in [-0.2, -0.15) is 0 Å². The second-order valence-electron chi connectivity index (χ2n) is 8.21. The van der Waals surface area contributed by atoms with Crippen molar-refractivity contribution in [2.45, 2.75) is 66.6 Å². The second kappa shape index (κ2) is 7.40. The van der Waals surface area contributed by atoms with Crippen molar-refractivity contribution >= 4 is 28.6 Å². The van der Waals surface area contributed by atoms with E-state index in [9.17, 15) is 9.90 Å². The summed E-state index contributed by atoms with van der Waals surface area (Å²) in [6.45, 7) is 1.96. The molecule has 1 N–H and O–H groups in total. The molecule has 2 atom stereocenters. The van der Waals surface area contributed by atoms with Gasteiger partial charge in [0, 0.05) is 38.3 Å². The van der Waals surface area contributed by atoms with Gasteiger partial charge in [-0.15, -0.1) is 0 Å². The fourth-order valence-electron chi connectivity index (χ4n) is 5.00. The maximum atomic E-state index is 13.4. The number of ether oxygens (including phenoxy) is 1. The zero-order chi connectivity index (χ0) is 18.2. The van der Waals surface area contributed by atoms with Crippen molar-refractivity contribution in [2.24, 2.45) is 5.92 Å². The number of hydrogen-bond acceptors (Lipinski definition) is 4. The maximum absolute atomic E-state index is 13.4. The average Bonchev–Trinajstić information content (AvgIpc) is 2.69. The molecule has 2 bridgehead atoms. The van der Waals surface area contributed by atoms with Crippen LogP contribution < -0.4 is 0 Å². The molecule has 142 valence electrons. The third-order valence-electron chi connectivity index (χ3n) is 6.68. The van der Waals surface area contributed by atoms with E-state index in [1.807, 2.05) is 30.3 Å². The maximum Gasteiger partial charge on any atom is 0.343 e. The van der Waals surface area contributed by atoms with E-state index in [4.69, 9.17) is 4.74 Å². The molecule has 4 nitrogen and oxygen atoms in total. The summed E-state index contributed by atoms with van der Waals surface area (Å²) in [5.74, 6) is -0.476. The first-order valence-electron chi connectivity index (χ1n) is 9.93. The zero-order valence-electron chi connectivity index (χ0n) is 15.2. The number of carbonyl (C=O) groups is 1. The minimum Gasteiger partial charge on any atom is -0.456 e. The van der Waals surface area contributed by atoms with Crippen LogP contribution in [-0.4, -0.2) is 38.7 Å². The van der Waals surface area contributed by atoms with Crippen LogP contribution in [0.15, 0.2) is 30.3 Å². The van der Waals surface area contributed by atoms with Crippen molar-refractivity contribution in [1.82, 2.24) is 4.90 Å². The second-order valence-corrected chi connectivity index (χ2v) is 9.65. The van der Waals surface area contributed by atoms with Crippen LogP contribution in [0.5, 0.6) is 0 Å². The van der Waals surface area contributed by atoms with Gasteiger partial charge in [-0.25, -0.2) is 4.79 Å². The Labute approximate surface area is 169 Å². The van der Waals surface area contributed by atoms with E-state index in [2.05, 4.69) is 27.5 Å². The fourth-order valence-corrected chi connectivity index (χ4v) is 6.36. The predicted molar refractivity (Wildman–Crippen MR) is 109 cm³/mol. The highest BCUT2D eigenvalue weighted by atomic mass is 127. The molecular weight excluding hydrogens is 441 g/mol. The molecule has 4 aliphatic rings. The number of piperidine rings is 3. The van der Waals surface area contributed by atoms with Crippen LogP contribution in [0.2, 0.25) is 0 Å². The standard InChI is InChI=1S/C21H28INO3/c22-18-15-20(11-13-23(18)14-12-20)26-19(24)21(25,16-7-3-1-4-8-16)17-9-5-2-6-10-17/h1,3-4,7-8,17-18,25H,2,5-6,9-15H2/t18?,21-/m0/s1. The number of carbonyl (C=O) groups excluding carboxylic acids is 1. The predicted octanol–water partition coefficient (Wildman–Crippen LogP) is 4.00. The third kappa shape index (κ3) is 3.31. The van der Waals surface area contributed by atoms with E-state index in [1.54, 1.807) is 0 Å². The summed E-state index contributed by atoms with van der Waals surface area (Å²) in [5.41, 5.74) is -1.23. The van der Waals surface area contributed by atoms with Crippen LogP contribution in [0.1, 0.15) is 56.9 Å². The number of alkyl halides is 1. The lowest BCUT2D eigenvalue weighted by atomic mass is 9.73. The van der Waals surface area contributed by atoms with E-state index in [0.717, 1.165) is 58.0 Å². The molecule has 5 heteroatoms. The molecule has 0 radical (unpaired) electrons. The first-order chi connectivity index (χ1) is 12.5. The summed E-state index contributed by atoms with van der Waals surface area (Å²) in [4.78, 5) is 15.9. The number of rotatable bonds is 4. The lowest BCUT2D eigenvalue weighted by Gasteiger charge is -2.51. The Bertz CT molecular complexity index is 638. The number of benzene rings is 1. The Balaban J connectivity index is 1.62. The molecule has 26 heavy (non-hydrogen) atoms. The van der Waals surface area contributed by atoms with Gasteiger partial charge in [0.2, 0.25) is 0 Å². The molecule has 1 saturated carbocycles. The summed E-state index contributed by atoms with van der Waals surface area (Å²) < 4.78 is 6.61. The van der Waals surface area contributed by atoms with Gasteiger partial charge in [-0.3, -0.25) is 4.90 Å². The highest BCUT2D eigenvalue weighted by molar-refractivity contribution is 14.1. The molecule has 5 rings (SSSR count). The van der Waals surface area contributed by atoms with Gasteiger partial charge < -0.3 is 9.84 Å². The third-order valence-corrected chi connectivity index (χ3v) is 7.90. The Morgan fingerprint density at radius 3 is 2.42 bits per heavy atom. The Morgan fingerprint density at radius 2 is 1.81 bits per heavy atom. The smallest absolute Gasteiger partial charge is 0.343 e. The van der Waals surface area contributed by atoms with Crippen LogP contribution in [-0.2, 0) is 15.1 Å². The molecule has 0 amide bonds. The number of nitrogens with zero attached hydrogens (tertiary/aromatic N) is 1. The molecule has 1 aromatic carbocycles. The van der Waals surface area contributed by atoms with Crippen LogP contribution in [0.25, 0.3) is 0 Å². The largest absolute Gasteiger partial charge is 0.456 e. The monoisotopic (exact) mass is 469 g/mol. The quantitative estimate of drug-likeness (QED) is 0.314. The van der Waals surface area contributed by atoms with Crippen molar-refractivity contribution in [3.8, 4) is 0 Å². The Hall–Kier alpha value is -0.660. The summed E-state index contributed by atoms with van der Waals surface area (Å²) in [6.07, 6.45) is 7.74. The molecule has 3 heterocycles. The van der Waals surface area contributed by atoms with Gasteiger partial charge in [-0.05, 0) is 18.4 Å². The molecular formula is C21H28INO3. The van der Waals surface area contributed by atoms with Crippen molar-refractivity contribution in [2.75, 3.05) is 13.1 Å². The first-order valence-corrected chi connectivity index (χ1v) is 11.2. The van der Waals surface area contributed by atoms with E-state index in [-0.39, 0.29) is 5.92 Å². The number of halogens is 1. The van der Waals surface area contributed by atoms with E-state index < -0.39 is 17.2 Å². The average molecular weight is 469 g/mol. The van der Waals surface area contributed by atoms with Crippen molar-refractivity contribution in [3.05, 3.63) is 35.9 Å². The van der Waals surface area contributed by atoms with Crippen LogP contribution in [0.3, 0.4) is 0 Å². The topological polar surface area (TPSA) is 49.8 Å². The Kier molecular flexibility index (Phi) is 5.32. The van der Waals surface area contributed by atoms with E-state index >= 15 is 0 Å². The summed E-state index contributed by atoms with van der Waals surface area (Å²) >= 11 is 2.45. The van der Waals surface area contributed by atoms with Gasteiger partial charge in [0.25, 0.3) is 0 Å². The van der Waals surface area contributed by atoms with Crippen LogP contribution >= 0.6 is 22.6 Å². The number of fused-ring (bicyclic) bond motifs is 3. The normalized spacial score (nSPS) is 34.2. The number of esters is 1. The molecule has 0 aromatic heterocycles. The molecule has 3 aliphatic heterocycles. The summed E-state index contributed by atoms with van der Waals surface area (Å²) in [6, 6.07) is 9.46. The van der Waals surface area contributed by atoms with Gasteiger partial charge in [0.05, 0.1) is 4.05 Å². The lowest BCUT2D eigenvalue weighted by molar-refractivity contribution is -0.203. The first kappa shape index (κ1) is 18.7. The zero-order valence-corrected chi connectivity index (χ0v) is 17.4. The Morgan fingerprint density at radius 1 is 1.15 bits per heavy atom. The van der Waals surface area contributed by atoms with Gasteiger partial charge in [0.15, 0.2) is 5.60 Å². The number of hydrogen-bond donors (Lipinski definition) is 1. The molecule has 1 unspecified atom stereocenters. The molecule has 1 aromatic rings. The van der Waals surface area contributed by atoms with Crippen molar-refractivity contribution in [1.29, 1.82) is 0 Å². The molecule has 0 spiro atoms. The van der Waals surface area contributed by atoms with Crippen molar-refractivity contribution < 1.29 is 14.6 Å². The minimum atomic E-state index is -1.52. The van der Waals surface area contributed by atoms with Gasteiger partial charge >= 0.3 is 5.97 Å². The van der Waals surface area contributed by atoms with Crippen LogP contribution in [0, 0.1) is 5.92 Å².